The van der Waals surface area contributed by atoms with Crippen molar-refractivity contribution in [2.75, 3.05) is 5.32 Å². The number of anilines is 1. The number of ketones is 1. The van der Waals surface area contributed by atoms with E-state index in [4.69, 9.17) is 4.98 Å². The van der Waals surface area contributed by atoms with Crippen molar-refractivity contribution in [3.8, 4) is 0 Å². The largest absolute Gasteiger partial charge is 0.343 e. The van der Waals surface area contributed by atoms with Gasteiger partial charge in [0, 0.05) is 28.9 Å². The molecular formula is C22H25N3O2S. The van der Waals surface area contributed by atoms with Gasteiger partial charge in [0.2, 0.25) is 0 Å². The highest BCUT2D eigenvalue weighted by Crippen LogP contribution is 2.43. The first-order valence-electron chi connectivity index (χ1n) is 9.88. The molecule has 1 aromatic carbocycles. The van der Waals surface area contributed by atoms with Crippen LogP contribution in [0.25, 0.3) is 0 Å². The number of aromatic amines is 1. The van der Waals surface area contributed by atoms with Crippen molar-refractivity contribution in [2.24, 2.45) is 0 Å². The van der Waals surface area contributed by atoms with Crippen molar-refractivity contribution < 1.29 is 4.79 Å². The van der Waals surface area contributed by atoms with Crippen LogP contribution in [0.2, 0.25) is 0 Å². The van der Waals surface area contributed by atoms with Gasteiger partial charge in [-0.25, -0.2) is 4.98 Å². The first-order valence-corrected chi connectivity index (χ1v) is 10.8. The molecule has 28 heavy (non-hydrogen) atoms. The third-order valence-electron chi connectivity index (χ3n) is 5.50. The fourth-order valence-corrected chi connectivity index (χ4v) is 4.80. The Morgan fingerprint density at radius 1 is 1.29 bits per heavy atom. The van der Waals surface area contributed by atoms with Gasteiger partial charge in [0.25, 0.3) is 5.56 Å². The number of nitrogens with zero attached hydrogens (tertiary/aromatic N) is 1. The molecule has 0 fully saturated rings. The van der Waals surface area contributed by atoms with E-state index in [9.17, 15) is 9.59 Å². The van der Waals surface area contributed by atoms with Crippen molar-refractivity contribution >= 4 is 23.4 Å². The molecule has 2 unspecified atom stereocenters. The molecule has 0 saturated heterocycles. The highest BCUT2D eigenvalue weighted by Gasteiger charge is 2.37. The second kappa shape index (κ2) is 7.59. The van der Waals surface area contributed by atoms with Gasteiger partial charge in [0.05, 0.1) is 5.56 Å². The van der Waals surface area contributed by atoms with Gasteiger partial charge in [-0.05, 0) is 31.7 Å². The van der Waals surface area contributed by atoms with E-state index in [1.54, 1.807) is 11.8 Å². The van der Waals surface area contributed by atoms with Gasteiger partial charge in [0.1, 0.15) is 5.82 Å². The number of hydrogen-bond donors (Lipinski definition) is 2. The van der Waals surface area contributed by atoms with Gasteiger partial charge in [-0.15, -0.1) is 0 Å². The monoisotopic (exact) mass is 395 g/mol. The number of rotatable bonds is 4. The van der Waals surface area contributed by atoms with Gasteiger partial charge < -0.3 is 10.3 Å². The van der Waals surface area contributed by atoms with Gasteiger partial charge in [0.15, 0.2) is 10.9 Å². The SMILES string of the molecule is CCC(C)Sc1nc2c(c(=O)[nH]1)C(c1cccc(C)c1)C1=C(CCCC1=O)N2. The van der Waals surface area contributed by atoms with Crippen molar-refractivity contribution in [2.45, 2.75) is 62.8 Å². The van der Waals surface area contributed by atoms with Crippen LogP contribution in [0.3, 0.4) is 0 Å². The quantitative estimate of drug-likeness (QED) is 0.587. The molecule has 1 aliphatic heterocycles. The lowest BCUT2D eigenvalue weighted by Gasteiger charge is -2.33. The zero-order valence-electron chi connectivity index (χ0n) is 16.5. The standard InChI is InChI=1S/C22H25N3O2S/c1-4-13(3)28-22-24-20-19(21(27)25-22)17(14-8-5-7-12(2)11-14)18-15(23-20)9-6-10-16(18)26/h5,7-8,11,13,17H,4,6,9-10H2,1-3H3,(H2,23,24,25,27). The van der Waals surface area contributed by atoms with Crippen LogP contribution in [-0.4, -0.2) is 21.0 Å². The zero-order chi connectivity index (χ0) is 19.8. The maximum atomic E-state index is 13.1. The zero-order valence-corrected chi connectivity index (χ0v) is 17.3. The van der Waals surface area contributed by atoms with E-state index in [1.807, 2.05) is 25.1 Å². The Balaban J connectivity index is 1.90. The minimum Gasteiger partial charge on any atom is -0.343 e. The molecule has 146 valence electrons. The maximum Gasteiger partial charge on any atom is 0.257 e. The lowest BCUT2D eigenvalue weighted by molar-refractivity contribution is -0.116. The molecular weight excluding hydrogens is 370 g/mol. The number of carbonyl (C=O) groups is 1. The second-order valence-corrected chi connectivity index (χ2v) is 9.04. The normalized spacial score (nSPS) is 19.7. The van der Waals surface area contributed by atoms with E-state index >= 15 is 0 Å². The number of fused-ring (bicyclic) bond motifs is 1. The van der Waals surface area contributed by atoms with Crippen LogP contribution in [0.5, 0.6) is 0 Å². The summed E-state index contributed by atoms with van der Waals surface area (Å²) in [5, 5.41) is 4.32. The number of aromatic nitrogens is 2. The first-order chi connectivity index (χ1) is 13.5. The summed E-state index contributed by atoms with van der Waals surface area (Å²) in [5.74, 6) is 0.357. The molecule has 1 aromatic heterocycles. The Bertz CT molecular complexity index is 1020. The number of hydrogen-bond acceptors (Lipinski definition) is 5. The van der Waals surface area contributed by atoms with E-state index in [-0.39, 0.29) is 17.3 Å². The molecule has 0 saturated carbocycles. The van der Waals surface area contributed by atoms with Crippen LogP contribution in [-0.2, 0) is 4.79 Å². The summed E-state index contributed by atoms with van der Waals surface area (Å²) >= 11 is 1.57. The molecule has 6 heteroatoms. The molecule has 2 aromatic rings. The number of H-pyrrole nitrogens is 1. The summed E-state index contributed by atoms with van der Waals surface area (Å²) in [7, 11) is 0. The van der Waals surface area contributed by atoms with Crippen LogP contribution in [0, 0.1) is 6.92 Å². The number of nitrogens with one attached hydrogen (secondary N) is 2. The van der Waals surface area contributed by atoms with Crippen LogP contribution in [0.1, 0.15) is 62.1 Å². The topological polar surface area (TPSA) is 74.8 Å². The fraction of sp³-hybridized carbons (Fsp3) is 0.409. The van der Waals surface area contributed by atoms with Crippen molar-refractivity contribution in [1.82, 2.24) is 9.97 Å². The van der Waals surface area contributed by atoms with Crippen molar-refractivity contribution in [3.05, 3.63) is 62.6 Å². The Kier molecular flexibility index (Phi) is 5.15. The summed E-state index contributed by atoms with van der Waals surface area (Å²) in [5.41, 5.74) is 4.12. The van der Waals surface area contributed by atoms with Crippen molar-refractivity contribution in [1.29, 1.82) is 0 Å². The summed E-state index contributed by atoms with van der Waals surface area (Å²) in [6.45, 7) is 6.26. The number of Topliss-reactive ketones (excluding diaryl/α,β-unsaturated/α-hetero) is 1. The molecule has 4 rings (SSSR count). The predicted octanol–water partition coefficient (Wildman–Crippen LogP) is 4.53. The van der Waals surface area contributed by atoms with Crippen LogP contribution >= 0.6 is 11.8 Å². The van der Waals surface area contributed by atoms with E-state index in [1.165, 1.54) is 0 Å². The third-order valence-corrected chi connectivity index (χ3v) is 6.65. The van der Waals surface area contributed by atoms with Crippen LogP contribution in [0.4, 0.5) is 5.82 Å². The molecule has 2 aliphatic rings. The molecule has 0 amide bonds. The summed E-state index contributed by atoms with van der Waals surface area (Å²) in [6.07, 6.45) is 3.17. The number of allylic oxidation sites excluding steroid dienone is 2. The Hall–Kier alpha value is -2.34. The van der Waals surface area contributed by atoms with Gasteiger partial charge in [-0.3, -0.25) is 9.59 Å². The molecule has 0 spiro atoms. The van der Waals surface area contributed by atoms with Gasteiger partial charge in [-0.2, -0.15) is 0 Å². The van der Waals surface area contributed by atoms with Crippen molar-refractivity contribution in [3.63, 3.8) is 0 Å². The van der Waals surface area contributed by atoms with E-state index in [2.05, 4.69) is 30.2 Å². The number of benzene rings is 1. The fourth-order valence-electron chi connectivity index (χ4n) is 3.95. The molecule has 0 radical (unpaired) electrons. The van der Waals surface area contributed by atoms with Gasteiger partial charge >= 0.3 is 0 Å². The minimum atomic E-state index is -0.363. The molecule has 0 bridgehead atoms. The third kappa shape index (κ3) is 3.41. The molecule has 2 N–H and O–H groups in total. The maximum absolute atomic E-state index is 13.1. The van der Waals surface area contributed by atoms with E-state index < -0.39 is 0 Å². The van der Waals surface area contributed by atoms with E-state index in [0.717, 1.165) is 41.7 Å². The number of carbonyl (C=O) groups excluding carboxylic acids is 1. The lowest BCUT2D eigenvalue weighted by Crippen LogP contribution is -2.32. The van der Waals surface area contributed by atoms with E-state index in [0.29, 0.717) is 28.2 Å². The second-order valence-electron chi connectivity index (χ2n) is 7.61. The Morgan fingerprint density at radius 2 is 2.11 bits per heavy atom. The van der Waals surface area contributed by atoms with Gasteiger partial charge in [-0.1, -0.05) is 55.4 Å². The molecule has 5 nitrogen and oxygen atoms in total. The molecule has 2 heterocycles. The first kappa shape index (κ1) is 19.0. The smallest absolute Gasteiger partial charge is 0.257 e. The minimum absolute atomic E-state index is 0.128. The lowest BCUT2D eigenvalue weighted by atomic mass is 9.76. The highest BCUT2D eigenvalue weighted by molar-refractivity contribution is 7.99. The summed E-state index contributed by atoms with van der Waals surface area (Å²) in [6, 6.07) is 8.07. The Labute approximate surface area is 169 Å². The average molecular weight is 396 g/mol. The highest BCUT2D eigenvalue weighted by atomic mass is 32.2. The Morgan fingerprint density at radius 3 is 2.86 bits per heavy atom. The van der Waals surface area contributed by atoms with Crippen LogP contribution < -0.4 is 10.9 Å². The van der Waals surface area contributed by atoms with Crippen LogP contribution in [0.15, 0.2) is 45.5 Å². The summed E-state index contributed by atoms with van der Waals surface area (Å²) < 4.78 is 0. The predicted molar refractivity (Wildman–Crippen MR) is 113 cm³/mol. The molecule has 2 atom stereocenters. The summed E-state index contributed by atoms with van der Waals surface area (Å²) in [4.78, 5) is 33.6. The average Bonchev–Trinajstić information content (AvgIpc) is 2.66. The number of aryl methyl sites for hydroxylation is 1. The molecule has 1 aliphatic carbocycles. The number of thioether (sulfide) groups is 1.